The van der Waals surface area contributed by atoms with Crippen LogP contribution in [-0.4, -0.2) is 49.4 Å². The maximum Gasteiger partial charge on any atom is 0.242 e. The molecule has 1 aliphatic heterocycles. The lowest BCUT2D eigenvalue weighted by Crippen LogP contribution is -3.13. The first-order chi connectivity index (χ1) is 12.1. The van der Waals surface area contributed by atoms with Crippen molar-refractivity contribution in [2.45, 2.75) is 38.6 Å². The van der Waals surface area contributed by atoms with E-state index in [0.717, 1.165) is 62.7 Å². The molecule has 2 N–H and O–H groups in total. The van der Waals surface area contributed by atoms with Gasteiger partial charge in [-0.3, -0.25) is 9.59 Å². The molecule has 2 fully saturated rings. The lowest BCUT2D eigenvalue weighted by molar-refractivity contribution is -0.917. The highest BCUT2D eigenvalue weighted by Gasteiger charge is 2.26. The largest absolute Gasteiger partial charge is 0.347 e. The molecule has 2 heterocycles. The highest BCUT2D eigenvalue weighted by molar-refractivity contribution is 7.16. The van der Waals surface area contributed by atoms with Crippen LogP contribution in [-0.2, 0) is 16.1 Å². The fourth-order valence-electron chi connectivity index (χ4n) is 3.73. The Kier molecular flexibility index (Phi) is 6.73. The van der Waals surface area contributed by atoms with Crippen molar-refractivity contribution in [3.8, 4) is 0 Å². The summed E-state index contributed by atoms with van der Waals surface area (Å²) >= 11 is 7.61. The van der Waals surface area contributed by atoms with Crippen LogP contribution in [0, 0.1) is 5.92 Å². The summed E-state index contributed by atoms with van der Waals surface area (Å²) in [6.07, 6.45) is 5.43. The van der Waals surface area contributed by atoms with Gasteiger partial charge in [-0.2, -0.15) is 0 Å². The van der Waals surface area contributed by atoms with E-state index in [1.165, 1.54) is 16.2 Å². The summed E-state index contributed by atoms with van der Waals surface area (Å²) in [4.78, 5) is 29.1. The first-order valence-corrected chi connectivity index (χ1v) is 10.4. The van der Waals surface area contributed by atoms with Crippen molar-refractivity contribution in [1.82, 2.24) is 10.2 Å². The summed E-state index contributed by atoms with van der Waals surface area (Å²) in [6.45, 7) is 4.51. The van der Waals surface area contributed by atoms with Crippen LogP contribution in [0.15, 0.2) is 12.1 Å². The molecular weight excluding hydrogens is 358 g/mol. The molecule has 1 aliphatic carbocycles. The van der Waals surface area contributed by atoms with E-state index in [1.54, 1.807) is 11.3 Å². The summed E-state index contributed by atoms with van der Waals surface area (Å²) in [5.74, 6) is 0.217. The molecular formula is C18H27ClN3O2S+. The number of amides is 2. The van der Waals surface area contributed by atoms with Crippen molar-refractivity contribution >= 4 is 34.8 Å². The fraction of sp³-hybridized carbons (Fsp3) is 0.667. The first kappa shape index (κ1) is 18.7. The number of nitrogens with one attached hydrogen (secondary N) is 2. The minimum atomic E-state index is 0.0439. The van der Waals surface area contributed by atoms with E-state index < -0.39 is 0 Å². The van der Waals surface area contributed by atoms with Gasteiger partial charge in [-0.05, 0) is 25.0 Å². The van der Waals surface area contributed by atoms with Crippen LogP contribution in [0.25, 0.3) is 0 Å². The van der Waals surface area contributed by atoms with Gasteiger partial charge in [0.15, 0.2) is 0 Å². The number of halogens is 1. The van der Waals surface area contributed by atoms with Crippen molar-refractivity contribution in [3.05, 3.63) is 21.3 Å². The predicted octanol–water partition coefficient (Wildman–Crippen LogP) is 1.33. The third kappa shape index (κ3) is 5.43. The first-order valence-electron chi connectivity index (χ1n) is 9.25. The molecule has 0 unspecified atom stereocenters. The predicted molar refractivity (Wildman–Crippen MR) is 99.9 cm³/mol. The Morgan fingerprint density at radius 2 is 1.92 bits per heavy atom. The number of piperazine rings is 1. The van der Waals surface area contributed by atoms with Gasteiger partial charge in [-0.25, -0.2) is 0 Å². The van der Waals surface area contributed by atoms with Gasteiger partial charge in [0.2, 0.25) is 11.8 Å². The molecule has 0 spiro atoms. The number of nitrogens with zero attached hydrogens (tertiary/aromatic N) is 1. The molecule has 0 bridgehead atoms. The van der Waals surface area contributed by atoms with Gasteiger partial charge in [0.25, 0.3) is 0 Å². The molecule has 5 nitrogen and oxygen atoms in total. The second-order valence-electron chi connectivity index (χ2n) is 7.07. The molecule has 2 aliphatic rings. The Morgan fingerprint density at radius 1 is 1.20 bits per heavy atom. The van der Waals surface area contributed by atoms with Gasteiger partial charge < -0.3 is 15.1 Å². The zero-order valence-electron chi connectivity index (χ0n) is 14.6. The normalized spacial score (nSPS) is 19.8. The number of carbonyl (C=O) groups excluding carboxylic acids is 2. The number of quaternary nitrogens is 1. The Morgan fingerprint density at radius 3 is 2.56 bits per heavy atom. The smallest absolute Gasteiger partial charge is 0.242 e. The lowest BCUT2D eigenvalue weighted by Gasteiger charge is -2.32. The average molecular weight is 385 g/mol. The highest BCUT2D eigenvalue weighted by Crippen LogP contribution is 2.23. The molecule has 0 aromatic carbocycles. The van der Waals surface area contributed by atoms with Gasteiger partial charge in [-0.1, -0.05) is 30.9 Å². The van der Waals surface area contributed by atoms with Gasteiger partial charge >= 0.3 is 0 Å². The number of hydrogen-bond donors (Lipinski definition) is 2. The Hall–Kier alpha value is -1.11. The van der Waals surface area contributed by atoms with Crippen molar-refractivity contribution in [1.29, 1.82) is 0 Å². The number of rotatable bonds is 5. The molecule has 1 aromatic rings. The molecule has 0 atom stereocenters. The number of thiophene rings is 1. The van der Waals surface area contributed by atoms with Crippen molar-refractivity contribution in [2.24, 2.45) is 5.92 Å². The van der Waals surface area contributed by atoms with Crippen LogP contribution in [0.5, 0.6) is 0 Å². The van der Waals surface area contributed by atoms with E-state index in [4.69, 9.17) is 11.6 Å². The third-order valence-corrected chi connectivity index (χ3v) is 6.50. The van der Waals surface area contributed by atoms with E-state index in [-0.39, 0.29) is 24.3 Å². The maximum absolute atomic E-state index is 12.3. The van der Waals surface area contributed by atoms with E-state index >= 15 is 0 Å². The molecule has 25 heavy (non-hydrogen) atoms. The topological polar surface area (TPSA) is 53.9 Å². The highest BCUT2D eigenvalue weighted by atomic mass is 35.5. The Bertz CT molecular complexity index is 593. The van der Waals surface area contributed by atoms with Crippen molar-refractivity contribution in [3.63, 3.8) is 0 Å². The molecule has 1 saturated carbocycles. The van der Waals surface area contributed by atoms with Gasteiger partial charge in [0, 0.05) is 5.92 Å². The summed E-state index contributed by atoms with van der Waals surface area (Å²) in [5, 5.41) is 2.85. The van der Waals surface area contributed by atoms with Crippen LogP contribution in [0.2, 0.25) is 4.34 Å². The standard InChI is InChI=1S/C18H26ClN3O2S/c19-16-7-6-15(25-16)13-21-8-10-22(11-9-21)17(23)12-20-18(24)14-4-2-1-3-5-14/h6-7,14H,1-5,8-13H2,(H,20,24)/p+1. The second kappa shape index (κ2) is 9.01. The summed E-state index contributed by atoms with van der Waals surface area (Å²) in [7, 11) is 0. The summed E-state index contributed by atoms with van der Waals surface area (Å²) in [5.41, 5.74) is 0. The second-order valence-corrected chi connectivity index (χ2v) is 8.87. The van der Waals surface area contributed by atoms with E-state index in [9.17, 15) is 9.59 Å². The third-order valence-electron chi connectivity index (χ3n) is 5.27. The van der Waals surface area contributed by atoms with Gasteiger partial charge in [0.1, 0.15) is 6.54 Å². The molecule has 1 aromatic heterocycles. The Balaban J connectivity index is 1.37. The molecule has 3 rings (SSSR count). The summed E-state index contributed by atoms with van der Waals surface area (Å²) in [6, 6.07) is 4.02. The van der Waals surface area contributed by atoms with E-state index in [2.05, 4.69) is 11.4 Å². The molecule has 2 amide bonds. The van der Waals surface area contributed by atoms with Gasteiger partial charge in [-0.15, -0.1) is 11.3 Å². The fourth-order valence-corrected chi connectivity index (χ4v) is 4.89. The van der Waals surface area contributed by atoms with E-state index in [0.29, 0.717) is 0 Å². The van der Waals surface area contributed by atoms with E-state index in [1.807, 2.05) is 11.0 Å². The average Bonchev–Trinajstić information content (AvgIpc) is 3.05. The number of carbonyl (C=O) groups is 2. The Labute approximate surface area is 158 Å². The lowest BCUT2D eigenvalue weighted by atomic mass is 9.89. The zero-order valence-corrected chi connectivity index (χ0v) is 16.1. The quantitative estimate of drug-likeness (QED) is 0.804. The minimum Gasteiger partial charge on any atom is -0.347 e. The molecule has 138 valence electrons. The monoisotopic (exact) mass is 384 g/mol. The molecule has 7 heteroatoms. The van der Waals surface area contributed by atoms with Crippen LogP contribution >= 0.6 is 22.9 Å². The number of hydrogen-bond acceptors (Lipinski definition) is 3. The molecule has 0 radical (unpaired) electrons. The van der Waals surface area contributed by atoms with Crippen LogP contribution < -0.4 is 10.2 Å². The zero-order chi connectivity index (χ0) is 17.6. The van der Waals surface area contributed by atoms with Gasteiger partial charge in [0.05, 0.1) is 41.9 Å². The molecule has 1 saturated heterocycles. The SMILES string of the molecule is O=C(NCC(=O)N1CC[NH+](Cc2ccc(Cl)s2)CC1)C1CCCCC1. The van der Waals surface area contributed by atoms with Crippen LogP contribution in [0.3, 0.4) is 0 Å². The van der Waals surface area contributed by atoms with Crippen molar-refractivity contribution < 1.29 is 14.5 Å². The maximum atomic E-state index is 12.3. The minimum absolute atomic E-state index is 0.0439. The summed E-state index contributed by atoms with van der Waals surface area (Å²) < 4.78 is 0.830. The van der Waals surface area contributed by atoms with Crippen molar-refractivity contribution in [2.75, 3.05) is 32.7 Å². The van der Waals surface area contributed by atoms with Crippen LogP contribution in [0.1, 0.15) is 37.0 Å². The van der Waals surface area contributed by atoms with Crippen LogP contribution in [0.4, 0.5) is 0 Å².